The maximum absolute atomic E-state index is 12.9. The zero-order valence-corrected chi connectivity index (χ0v) is 12.1. The molecule has 1 heterocycles. The van der Waals surface area contributed by atoms with Crippen molar-refractivity contribution in [3.63, 3.8) is 0 Å². The molecular formula is C15H27NO2. The van der Waals surface area contributed by atoms with Crippen LogP contribution in [-0.2, 0) is 9.53 Å². The third-order valence-electron chi connectivity index (χ3n) is 5.01. The number of rotatable bonds is 3. The van der Waals surface area contributed by atoms with Gasteiger partial charge in [0.1, 0.15) is 0 Å². The molecule has 0 aromatic rings. The number of ether oxygens (including phenoxy) is 1. The number of likely N-dealkylation sites (N-methyl/N-ethyl adjacent to an activating group) is 1. The molecule has 2 aliphatic rings. The molecule has 3 heteroatoms. The molecule has 0 bridgehead atoms. The minimum absolute atomic E-state index is 0.186. The lowest BCUT2D eigenvalue weighted by atomic mass is 9.70. The molecule has 0 atom stereocenters. The minimum atomic E-state index is -0.186. The van der Waals surface area contributed by atoms with Gasteiger partial charge in [0, 0.05) is 19.1 Å². The van der Waals surface area contributed by atoms with E-state index in [0.29, 0.717) is 5.78 Å². The van der Waals surface area contributed by atoms with Crippen molar-refractivity contribution < 1.29 is 9.53 Å². The summed E-state index contributed by atoms with van der Waals surface area (Å²) in [6.07, 6.45) is 6.29. The zero-order chi connectivity index (χ0) is 13.2. The summed E-state index contributed by atoms with van der Waals surface area (Å²) in [6.45, 7) is 3.82. The molecule has 0 amide bonds. The van der Waals surface area contributed by atoms with Crippen LogP contribution in [0.25, 0.3) is 0 Å². The summed E-state index contributed by atoms with van der Waals surface area (Å²) in [7, 11) is 4.15. The van der Waals surface area contributed by atoms with Gasteiger partial charge in [-0.3, -0.25) is 9.69 Å². The third-order valence-corrected chi connectivity index (χ3v) is 5.01. The standard InChI is InChI=1S/C15H27NO2/c1-12-4-8-15(9-5-12,16(2)3)14(17)13-6-10-18-11-7-13/h12-13H,4-11H2,1-3H3. The van der Waals surface area contributed by atoms with Gasteiger partial charge in [-0.15, -0.1) is 0 Å². The highest BCUT2D eigenvalue weighted by molar-refractivity contribution is 5.90. The zero-order valence-electron chi connectivity index (χ0n) is 12.1. The SMILES string of the molecule is CC1CCC(C(=O)C2CCOCC2)(N(C)C)CC1. The van der Waals surface area contributed by atoms with Crippen molar-refractivity contribution in [2.24, 2.45) is 11.8 Å². The Kier molecular flexibility index (Phi) is 4.44. The van der Waals surface area contributed by atoms with E-state index in [9.17, 15) is 4.79 Å². The van der Waals surface area contributed by atoms with Crippen molar-refractivity contribution in [3.05, 3.63) is 0 Å². The molecule has 18 heavy (non-hydrogen) atoms. The van der Waals surface area contributed by atoms with Gasteiger partial charge in [0.05, 0.1) is 5.54 Å². The molecule has 1 saturated heterocycles. The normalized spacial score (nSPS) is 34.8. The van der Waals surface area contributed by atoms with Crippen LogP contribution in [-0.4, -0.2) is 43.5 Å². The highest BCUT2D eigenvalue weighted by atomic mass is 16.5. The summed E-state index contributed by atoms with van der Waals surface area (Å²) in [5, 5.41) is 0. The average Bonchev–Trinajstić information content (AvgIpc) is 2.40. The van der Waals surface area contributed by atoms with E-state index < -0.39 is 0 Å². The van der Waals surface area contributed by atoms with Crippen LogP contribution < -0.4 is 0 Å². The van der Waals surface area contributed by atoms with Crippen LogP contribution in [0.3, 0.4) is 0 Å². The Labute approximate surface area is 111 Å². The molecule has 0 N–H and O–H groups in total. The van der Waals surface area contributed by atoms with Gasteiger partial charge in [0.15, 0.2) is 5.78 Å². The number of Topliss-reactive ketones (excluding diaryl/α,β-unsaturated/α-hetero) is 1. The predicted molar refractivity (Wildman–Crippen MR) is 72.6 cm³/mol. The Morgan fingerprint density at radius 3 is 2.17 bits per heavy atom. The molecule has 1 saturated carbocycles. The van der Waals surface area contributed by atoms with E-state index >= 15 is 0 Å². The van der Waals surface area contributed by atoms with Crippen LogP contribution in [0.15, 0.2) is 0 Å². The highest BCUT2D eigenvalue weighted by Gasteiger charge is 2.45. The van der Waals surface area contributed by atoms with E-state index in [1.165, 1.54) is 12.8 Å². The second-order valence-corrected chi connectivity index (χ2v) is 6.36. The largest absolute Gasteiger partial charge is 0.381 e. The number of ketones is 1. The fraction of sp³-hybridized carbons (Fsp3) is 0.933. The van der Waals surface area contributed by atoms with Crippen molar-refractivity contribution in [1.82, 2.24) is 4.90 Å². The number of carbonyl (C=O) groups excluding carboxylic acids is 1. The lowest BCUT2D eigenvalue weighted by molar-refractivity contribution is -0.139. The Bertz CT molecular complexity index is 287. The van der Waals surface area contributed by atoms with Crippen molar-refractivity contribution in [3.8, 4) is 0 Å². The molecule has 3 nitrogen and oxygen atoms in total. The lowest BCUT2D eigenvalue weighted by Crippen LogP contribution is -2.55. The fourth-order valence-electron chi connectivity index (χ4n) is 3.49. The second kappa shape index (κ2) is 5.70. The predicted octanol–water partition coefficient (Wildman–Crippen LogP) is 2.49. The van der Waals surface area contributed by atoms with Crippen LogP contribution in [0.2, 0.25) is 0 Å². The van der Waals surface area contributed by atoms with Gasteiger partial charge in [-0.05, 0) is 58.5 Å². The first-order chi connectivity index (χ1) is 8.56. The molecule has 2 rings (SSSR count). The average molecular weight is 253 g/mol. The van der Waals surface area contributed by atoms with Crippen molar-refractivity contribution >= 4 is 5.78 Å². The van der Waals surface area contributed by atoms with Crippen LogP contribution >= 0.6 is 0 Å². The topological polar surface area (TPSA) is 29.5 Å². The maximum Gasteiger partial charge on any atom is 0.156 e. The molecular weight excluding hydrogens is 226 g/mol. The summed E-state index contributed by atoms with van der Waals surface area (Å²) in [5.74, 6) is 1.50. The second-order valence-electron chi connectivity index (χ2n) is 6.36. The summed E-state index contributed by atoms with van der Waals surface area (Å²) < 4.78 is 5.38. The van der Waals surface area contributed by atoms with Gasteiger partial charge >= 0.3 is 0 Å². The van der Waals surface area contributed by atoms with Gasteiger partial charge in [-0.25, -0.2) is 0 Å². The fourth-order valence-corrected chi connectivity index (χ4v) is 3.49. The van der Waals surface area contributed by atoms with Crippen molar-refractivity contribution in [2.45, 2.75) is 51.0 Å². The molecule has 0 radical (unpaired) electrons. The van der Waals surface area contributed by atoms with E-state index in [1.54, 1.807) is 0 Å². The summed E-state index contributed by atoms with van der Waals surface area (Å²) in [6, 6.07) is 0. The van der Waals surface area contributed by atoms with Gasteiger partial charge in [-0.1, -0.05) is 6.92 Å². The highest BCUT2D eigenvalue weighted by Crippen LogP contribution is 2.39. The molecule has 0 unspecified atom stereocenters. The first kappa shape index (κ1) is 14.0. The first-order valence-electron chi connectivity index (χ1n) is 7.36. The number of nitrogens with zero attached hydrogens (tertiary/aromatic N) is 1. The molecule has 0 aromatic heterocycles. The molecule has 0 aromatic carbocycles. The van der Waals surface area contributed by atoms with Gasteiger partial charge in [0.25, 0.3) is 0 Å². The summed E-state index contributed by atoms with van der Waals surface area (Å²) in [5.41, 5.74) is -0.186. The molecule has 1 aliphatic heterocycles. The van der Waals surface area contributed by atoms with Gasteiger partial charge in [0.2, 0.25) is 0 Å². The van der Waals surface area contributed by atoms with Crippen LogP contribution in [0, 0.1) is 11.8 Å². The number of carbonyl (C=O) groups is 1. The first-order valence-corrected chi connectivity index (χ1v) is 7.36. The van der Waals surface area contributed by atoms with E-state index in [4.69, 9.17) is 4.74 Å². The molecule has 1 aliphatic carbocycles. The minimum Gasteiger partial charge on any atom is -0.381 e. The molecule has 0 spiro atoms. The van der Waals surface area contributed by atoms with Crippen molar-refractivity contribution in [2.75, 3.05) is 27.3 Å². The van der Waals surface area contributed by atoms with E-state index in [-0.39, 0.29) is 11.5 Å². The van der Waals surface area contributed by atoms with Crippen LogP contribution in [0.5, 0.6) is 0 Å². The molecule has 2 fully saturated rings. The van der Waals surface area contributed by atoms with E-state index in [1.807, 2.05) is 0 Å². The Balaban J connectivity index is 2.11. The van der Waals surface area contributed by atoms with Gasteiger partial charge < -0.3 is 4.74 Å². The number of hydrogen-bond acceptors (Lipinski definition) is 3. The molecule has 104 valence electrons. The quantitative estimate of drug-likeness (QED) is 0.774. The Hall–Kier alpha value is -0.410. The number of hydrogen-bond donors (Lipinski definition) is 0. The third kappa shape index (κ3) is 2.62. The Morgan fingerprint density at radius 2 is 1.67 bits per heavy atom. The van der Waals surface area contributed by atoms with Crippen molar-refractivity contribution in [1.29, 1.82) is 0 Å². The lowest BCUT2D eigenvalue weighted by Gasteiger charge is -2.45. The maximum atomic E-state index is 12.9. The van der Waals surface area contributed by atoms with E-state index in [0.717, 1.165) is 44.8 Å². The summed E-state index contributed by atoms with van der Waals surface area (Å²) >= 11 is 0. The monoisotopic (exact) mass is 253 g/mol. The van der Waals surface area contributed by atoms with Crippen LogP contribution in [0.1, 0.15) is 45.4 Å². The van der Waals surface area contributed by atoms with Crippen LogP contribution in [0.4, 0.5) is 0 Å². The summed E-state index contributed by atoms with van der Waals surface area (Å²) in [4.78, 5) is 15.1. The Morgan fingerprint density at radius 1 is 1.11 bits per heavy atom. The van der Waals surface area contributed by atoms with E-state index in [2.05, 4.69) is 25.9 Å². The smallest absolute Gasteiger partial charge is 0.156 e. The van der Waals surface area contributed by atoms with Gasteiger partial charge in [-0.2, -0.15) is 0 Å².